The zero-order valence-corrected chi connectivity index (χ0v) is 14.0. The van der Waals surface area contributed by atoms with Gasteiger partial charge in [-0.15, -0.1) is 0 Å². The second-order valence-electron chi connectivity index (χ2n) is 5.87. The summed E-state index contributed by atoms with van der Waals surface area (Å²) in [4.78, 5) is 15.6. The number of Topliss-reactive ketones (excluding diaryl/α,β-unsaturated/α-hetero) is 1. The standard InChI is InChI=1S/C20H20N2O3/c1-15(23)16-7-9-19(10-8-16)25-13-18(24)11-22-12-20(21-14-22)17-5-3-2-4-6-17/h2-10,12,14,18,24H,11,13H2,1H3/t18-/m1/s1. The Labute approximate surface area is 146 Å². The molecule has 0 radical (unpaired) electrons. The first-order valence-corrected chi connectivity index (χ1v) is 8.11. The minimum atomic E-state index is -0.662. The summed E-state index contributed by atoms with van der Waals surface area (Å²) >= 11 is 0. The van der Waals surface area contributed by atoms with Gasteiger partial charge in [0.25, 0.3) is 0 Å². The molecule has 25 heavy (non-hydrogen) atoms. The lowest BCUT2D eigenvalue weighted by molar-refractivity contribution is 0.0923. The lowest BCUT2D eigenvalue weighted by atomic mass is 10.1. The van der Waals surface area contributed by atoms with Crippen LogP contribution in [0.25, 0.3) is 11.3 Å². The van der Waals surface area contributed by atoms with Crippen LogP contribution in [-0.4, -0.2) is 33.2 Å². The molecule has 0 aliphatic carbocycles. The van der Waals surface area contributed by atoms with E-state index in [2.05, 4.69) is 4.98 Å². The van der Waals surface area contributed by atoms with Crippen molar-refractivity contribution in [3.63, 3.8) is 0 Å². The van der Waals surface area contributed by atoms with Crippen LogP contribution in [-0.2, 0) is 6.54 Å². The molecule has 0 unspecified atom stereocenters. The Hall–Kier alpha value is -2.92. The van der Waals surface area contributed by atoms with E-state index in [-0.39, 0.29) is 12.4 Å². The van der Waals surface area contributed by atoms with Gasteiger partial charge in [0.15, 0.2) is 5.78 Å². The topological polar surface area (TPSA) is 64.3 Å². The van der Waals surface area contributed by atoms with Gasteiger partial charge < -0.3 is 14.4 Å². The van der Waals surface area contributed by atoms with Crippen molar-refractivity contribution < 1.29 is 14.6 Å². The molecule has 0 spiro atoms. The molecule has 2 aromatic carbocycles. The summed E-state index contributed by atoms with van der Waals surface area (Å²) in [6, 6.07) is 16.8. The van der Waals surface area contributed by atoms with Crippen LogP contribution in [0.1, 0.15) is 17.3 Å². The average molecular weight is 336 g/mol. The highest BCUT2D eigenvalue weighted by atomic mass is 16.5. The van der Waals surface area contributed by atoms with Gasteiger partial charge in [-0.2, -0.15) is 0 Å². The lowest BCUT2D eigenvalue weighted by Gasteiger charge is -2.13. The summed E-state index contributed by atoms with van der Waals surface area (Å²) in [5.74, 6) is 0.639. The van der Waals surface area contributed by atoms with Crippen LogP contribution in [0.5, 0.6) is 5.75 Å². The van der Waals surface area contributed by atoms with Crippen LogP contribution in [0.3, 0.4) is 0 Å². The maximum absolute atomic E-state index is 11.2. The summed E-state index contributed by atoms with van der Waals surface area (Å²) < 4.78 is 7.41. The number of hydrogen-bond donors (Lipinski definition) is 1. The summed E-state index contributed by atoms with van der Waals surface area (Å²) in [6.45, 7) is 2.08. The molecule has 3 aromatic rings. The maximum Gasteiger partial charge on any atom is 0.159 e. The van der Waals surface area contributed by atoms with Crippen molar-refractivity contribution in [2.45, 2.75) is 19.6 Å². The Morgan fingerprint density at radius 1 is 1.16 bits per heavy atom. The Bertz CT molecular complexity index is 826. The predicted octanol–water partition coefficient (Wildman–Crippen LogP) is 3.19. The third-order valence-corrected chi connectivity index (χ3v) is 3.83. The minimum absolute atomic E-state index is 0.0147. The molecule has 3 rings (SSSR count). The van der Waals surface area contributed by atoms with E-state index in [1.165, 1.54) is 6.92 Å². The summed E-state index contributed by atoms with van der Waals surface area (Å²) in [5.41, 5.74) is 2.55. The molecule has 0 amide bonds. The molecule has 1 aromatic heterocycles. The number of aliphatic hydroxyl groups excluding tert-OH is 1. The molecular weight excluding hydrogens is 316 g/mol. The normalized spacial score (nSPS) is 11.9. The zero-order valence-electron chi connectivity index (χ0n) is 14.0. The van der Waals surface area contributed by atoms with E-state index in [1.54, 1.807) is 30.6 Å². The van der Waals surface area contributed by atoms with Crippen LogP contribution < -0.4 is 4.74 Å². The fourth-order valence-corrected chi connectivity index (χ4v) is 2.49. The van der Waals surface area contributed by atoms with Crippen molar-refractivity contribution in [2.75, 3.05) is 6.61 Å². The van der Waals surface area contributed by atoms with Crippen molar-refractivity contribution in [3.05, 3.63) is 72.7 Å². The molecule has 1 atom stereocenters. The number of carbonyl (C=O) groups excluding carboxylic acids is 1. The molecule has 0 fully saturated rings. The van der Waals surface area contributed by atoms with Gasteiger partial charge >= 0.3 is 0 Å². The fraction of sp³-hybridized carbons (Fsp3) is 0.200. The highest BCUT2D eigenvalue weighted by molar-refractivity contribution is 5.94. The van der Waals surface area contributed by atoms with Crippen molar-refractivity contribution >= 4 is 5.78 Å². The molecular formula is C20H20N2O3. The first-order valence-electron chi connectivity index (χ1n) is 8.11. The average Bonchev–Trinajstić information content (AvgIpc) is 3.09. The minimum Gasteiger partial charge on any atom is -0.491 e. The van der Waals surface area contributed by atoms with Gasteiger partial charge in [-0.3, -0.25) is 4.79 Å². The molecule has 5 heteroatoms. The van der Waals surface area contributed by atoms with Gasteiger partial charge in [0.2, 0.25) is 0 Å². The van der Waals surface area contributed by atoms with E-state index in [1.807, 2.05) is 41.1 Å². The molecule has 0 saturated heterocycles. The highest BCUT2D eigenvalue weighted by Crippen LogP contribution is 2.16. The van der Waals surface area contributed by atoms with Gasteiger partial charge in [-0.25, -0.2) is 4.98 Å². The summed E-state index contributed by atoms with van der Waals surface area (Å²) in [7, 11) is 0. The third-order valence-electron chi connectivity index (χ3n) is 3.83. The molecule has 5 nitrogen and oxygen atoms in total. The Morgan fingerprint density at radius 3 is 2.56 bits per heavy atom. The van der Waals surface area contributed by atoms with Crippen molar-refractivity contribution in [2.24, 2.45) is 0 Å². The van der Waals surface area contributed by atoms with Crippen LogP contribution in [0.2, 0.25) is 0 Å². The Kier molecular flexibility index (Phi) is 5.26. The van der Waals surface area contributed by atoms with E-state index in [9.17, 15) is 9.90 Å². The SMILES string of the molecule is CC(=O)c1ccc(OC[C@H](O)Cn2cnc(-c3ccccc3)c2)cc1. The molecule has 1 heterocycles. The number of ketones is 1. The van der Waals surface area contributed by atoms with Crippen molar-refractivity contribution in [1.82, 2.24) is 9.55 Å². The number of rotatable bonds is 7. The van der Waals surface area contributed by atoms with Crippen LogP contribution in [0.15, 0.2) is 67.1 Å². The second-order valence-corrected chi connectivity index (χ2v) is 5.87. The monoisotopic (exact) mass is 336 g/mol. The first-order chi connectivity index (χ1) is 12.1. The Balaban J connectivity index is 1.53. The van der Waals surface area contributed by atoms with Gasteiger partial charge in [0.1, 0.15) is 18.5 Å². The van der Waals surface area contributed by atoms with Crippen LogP contribution in [0, 0.1) is 0 Å². The van der Waals surface area contributed by atoms with Crippen LogP contribution >= 0.6 is 0 Å². The van der Waals surface area contributed by atoms with Crippen LogP contribution in [0.4, 0.5) is 0 Å². The largest absolute Gasteiger partial charge is 0.491 e. The number of nitrogens with zero attached hydrogens (tertiary/aromatic N) is 2. The number of ether oxygens (including phenoxy) is 1. The molecule has 0 aliphatic heterocycles. The number of aromatic nitrogens is 2. The van der Waals surface area contributed by atoms with E-state index < -0.39 is 6.10 Å². The number of carbonyl (C=O) groups is 1. The highest BCUT2D eigenvalue weighted by Gasteiger charge is 2.09. The summed E-state index contributed by atoms with van der Waals surface area (Å²) in [5, 5.41) is 10.2. The second kappa shape index (κ2) is 7.77. The molecule has 128 valence electrons. The van der Waals surface area contributed by atoms with Gasteiger partial charge in [0.05, 0.1) is 18.6 Å². The lowest BCUT2D eigenvalue weighted by Crippen LogP contribution is -2.23. The fourth-order valence-electron chi connectivity index (χ4n) is 2.49. The van der Waals surface area contributed by atoms with Crippen molar-refractivity contribution in [1.29, 1.82) is 0 Å². The number of hydrogen-bond acceptors (Lipinski definition) is 4. The Morgan fingerprint density at radius 2 is 1.88 bits per heavy atom. The summed E-state index contributed by atoms with van der Waals surface area (Å²) in [6.07, 6.45) is 2.94. The molecule has 0 bridgehead atoms. The number of imidazole rings is 1. The van der Waals surface area contributed by atoms with Gasteiger partial charge in [0, 0.05) is 17.3 Å². The van der Waals surface area contributed by atoms with Crippen molar-refractivity contribution in [3.8, 4) is 17.0 Å². The first kappa shape index (κ1) is 16.9. The quantitative estimate of drug-likeness (QED) is 0.673. The predicted molar refractivity (Wildman–Crippen MR) is 95.6 cm³/mol. The zero-order chi connectivity index (χ0) is 17.6. The molecule has 0 saturated carbocycles. The number of benzene rings is 2. The third kappa shape index (κ3) is 4.55. The van der Waals surface area contributed by atoms with E-state index >= 15 is 0 Å². The molecule has 1 N–H and O–H groups in total. The number of aliphatic hydroxyl groups is 1. The van der Waals surface area contributed by atoms with E-state index in [0.29, 0.717) is 17.9 Å². The van der Waals surface area contributed by atoms with E-state index in [4.69, 9.17) is 4.74 Å². The maximum atomic E-state index is 11.2. The molecule has 0 aliphatic rings. The van der Waals surface area contributed by atoms with Gasteiger partial charge in [-0.1, -0.05) is 30.3 Å². The van der Waals surface area contributed by atoms with Gasteiger partial charge in [-0.05, 0) is 31.2 Å². The smallest absolute Gasteiger partial charge is 0.159 e. The van der Waals surface area contributed by atoms with E-state index in [0.717, 1.165) is 11.3 Å².